The number of halogens is 2. The van der Waals surface area contributed by atoms with Crippen LogP contribution in [0.5, 0.6) is 0 Å². The Balaban J connectivity index is 2.08. The van der Waals surface area contributed by atoms with E-state index in [0.717, 1.165) is 12.8 Å². The first-order chi connectivity index (χ1) is 10.0. The van der Waals surface area contributed by atoms with Crippen molar-refractivity contribution < 1.29 is 13.6 Å². The lowest BCUT2D eigenvalue weighted by Crippen LogP contribution is -2.36. The summed E-state index contributed by atoms with van der Waals surface area (Å²) in [5.41, 5.74) is 5.80. The van der Waals surface area contributed by atoms with Crippen molar-refractivity contribution in [3.8, 4) is 0 Å². The molecule has 0 aliphatic carbocycles. The highest BCUT2D eigenvalue weighted by atomic mass is 19.1. The molecule has 0 spiro atoms. The molecule has 0 bridgehead atoms. The monoisotopic (exact) mass is 297 g/mol. The number of nitrogens with zero attached hydrogens (tertiary/aromatic N) is 1. The molecule has 0 radical (unpaired) electrons. The molecule has 3 N–H and O–H groups in total. The number of piperidine rings is 1. The Morgan fingerprint density at radius 3 is 2.38 bits per heavy atom. The van der Waals surface area contributed by atoms with Crippen molar-refractivity contribution in [2.24, 2.45) is 11.7 Å². The standard InChI is InChI=1S/C15H21F2N3O/c1-19-9-11-6-12(16)15(13(17)7-11)20-4-2-10(3-5-20)8-14(18)21/h6-7,10,19H,2-5,8-9H2,1H3,(H2,18,21). The molecule has 1 fully saturated rings. The van der Waals surface area contributed by atoms with Gasteiger partial charge in [-0.3, -0.25) is 4.79 Å². The second-order valence-electron chi connectivity index (χ2n) is 5.54. The van der Waals surface area contributed by atoms with Crippen molar-refractivity contribution in [2.45, 2.75) is 25.8 Å². The number of hydrogen-bond acceptors (Lipinski definition) is 3. The van der Waals surface area contributed by atoms with Crippen LogP contribution in [0, 0.1) is 17.6 Å². The quantitative estimate of drug-likeness (QED) is 0.871. The molecule has 0 saturated carbocycles. The Morgan fingerprint density at radius 1 is 1.33 bits per heavy atom. The van der Waals surface area contributed by atoms with Gasteiger partial charge >= 0.3 is 0 Å². The third-order valence-electron chi connectivity index (χ3n) is 3.88. The van der Waals surface area contributed by atoms with E-state index in [-0.39, 0.29) is 17.5 Å². The summed E-state index contributed by atoms with van der Waals surface area (Å²) in [6, 6.07) is 2.73. The summed E-state index contributed by atoms with van der Waals surface area (Å²) in [5, 5.41) is 2.87. The minimum Gasteiger partial charge on any atom is -0.370 e. The molecule has 1 aliphatic heterocycles. The molecule has 1 aliphatic rings. The Kier molecular flexibility index (Phi) is 5.12. The minimum absolute atomic E-state index is 0.0346. The molecule has 1 saturated heterocycles. The molecule has 1 amide bonds. The highest BCUT2D eigenvalue weighted by Crippen LogP contribution is 2.30. The van der Waals surface area contributed by atoms with Crippen LogP contribution in [-0.2, 0) is 11.3 Å². The molecule has 1 aromatic rings. The highest BCUT2D eigenvalue weighted by Gasteiger charge is 2.25. The maximum atomic E-state index is 14.1. The largest absolute Gasteiger partial charge is 0.370 e. The number of rotatable bonds is 5. The first kappa shape index (κ1) is 15.7. The van der Waals surface area contributed by atoms with Gasteiger partial charge in [0, 0.05) is 26.1 Å². The van der Waals surface area contributed by atoms with Gasteiger partial charge in [-0.25, -0.2) is 8.78 Å². The van der Waals surface area contributed by atoms with E-state index in [4.69, 9.17) is 5.73 Å². The lowest BCUT2D eigenvalue weighted by Gasteiger charge is -2.33. The van der Waals surface area contributed by atoms with Gasteiger partial charge in [-0.1, -0.05) is 0 Å². The van der Waals surface area contributed by atoms with Crippen molar-refractivity contribution in [1.29, 1.82) is 0 Å². The predicted molar refractivity (Wildman–Crippen MR) is 77.9 cm³/mol. The molecular weight excluding hydrogens is 276 g/mol. The molecule has 4 nitrogen and oxygen atoms in total. The molecule has 21 heavy (non-hydrogen) atoms. The minimum atomic E-state index is -0.534. The summed E-state index contributed by atoms with van der Waals surface area (Å²) in [7, 11) is 1.73. The number of primary amides is 1. The molecule has 0 atom stereocenters. The van der Waals surface area contributed by atoms with Gasteiger partial charge < -0.3 is 16.0 Å². The van der Waals surface area contributed by atoms with Crippen molar-refractivity contribution in [2.75, 3.05) is 25.0 Å². The smallest absolute Gasteiger partial charge is 0.217 e. The van der Waals surface area contributed by atoms with Gasteiger partial charge in [0.1, 0.15) is 17.3 Å². The second-order valence-corrected chi connectivity index (χ2v) is 5.54. The maximum absolute atomic E-state index is 14.1. The number of amides is 1. The van der Waals surface area contributed by atoms with E-state index >= 15 is 0 Å². The van der Waals surface area contributed by atoms with Gasteiger partial charge in [0.05, 0.1) is 0 Å². The number of nitrogens with one attached hydrogen (secondary N) is 1. The third-order valence-corrected chi connectivity index (χ3v) is 3.88. The van der Waals surface area contributed by atoms with Crippen LogP contribution in [0.15, 0.2) is 12.1 Å². The first-order valence-electron chi connectivity index (χ1n) is 7.17. The van der Waals surface area contributed by atoms with Gasteiger partial charge in [-0.2, -0.15) is 0 Å². The fraction of sp³-hybridized carbons (Fsp3) is 0.533. The number of nitrogens with two attached hydrogens (primary N) is 1. The zero-order chi connectivity index (χ0) is 15.4. The average Bonchev–Trinajstić information content (AvgIpc) is 2.39. The van der Waals surface area contributed by atoms with E-state index in [2.05, 4.69) is 5.32 Å². The van der Waals surface area contributed by atoms with Crippen LogP contribution in [0.25, 0.3) is 0 Å². The summed E-state index contributed by atoms with van der Waals surface area (Å²) in [6.07, 6.45) is 1.79. The molecule has 116 valence electrons. The Morgan fingerprint density at radius 2 is 1.90 bits per heavy atom. The van der Waals surface area contributed by atoms with Crippen LogP contribution in [0.1, 0.15) is 24.8 Å². The van der Waals surface area contributed by atoms with E-state index in [9.17, 15) is 13.6 Å². The Hall–Kier alpha value is -1.69. The molecule has 6 heteroatoms. The lowest BCUT2D eigenvalue weighted by molar-refractivity contribution is -0.119. The van der Waals surface area contributed by atoms with Crippen molar-refractivity contribution >= 4 is 11.6 Å². The second kappa shape index (κ2) is 6.85. The van der Waals surface area contributed by atoms with Gasteiger partial charge in [-0.15, -0.1) is 0 Å². The number of carbonyl (C=O) groups excluding carboxylic acids is 1. The average molecular weight is 297 g/mol. The molecule has 2 rings (SSSR count). The normalized spacial score (nSPS) is 16.2. The van der Waals surface area contributed by atoms with E-state index < -0.39 is 11.6 Å². The number of hydrogen-bond donors (Lipinski definition) is 2. The molecule has 1 heterocycles. The molecule has 1 aromatic carbocycles. The summed E-state index contributed by atoms with van der Waals surface area (Å²) in [4.78, 5) is 12.6. The van der Waals surface area contributed by atoms with Crippen molar-refractivity contribution in [1.82, 2.24) is 5.32 Å². The SMILES string of the molecule is CNCc1cc(F)c(N2CCC(CC(N)=O)CC2)c(F)c1. The highest BCUT2D eigenvalue weighted by molar-refractivity contribution is 5.74. The zero-order valence-electron chi connectivity index (χ0n) is 12.2. The van der Waals surface area contributed by atoms with E-state index in [1.807, 2.05) is 0 Å². The Labute approximate surface area is 123 Å². The summed E-state index contributed by atoms with van der Waals surface area (Å²) in [5.74, 6) is -1.17. The van der Waals surface area contributed by atoms with Crippen molar-refractivity contribution in [3.05, 3.63) is 29.3 Å². The van der Waals surface area contributed by atoms with Gasteiger partial charge in [-0.05, 0) is 43.5 Å². The Bertz CT molecular complexity index is 491. The topological polar surface area (TPSA) is 58.4 Å². The van der Waals surface area contributed by atoms with E-state index in [1.54, 1.807) is 11.9 Å². The van der Waals surface area contributed by atoms with Crippen LogP contribution in [0.4, 0.5) is 14.5 Å². The van der Waals surface area contributed by atoms with Crippen LogP contribution in [0.3, 0.4) is 0 Å². The molecular formula is C15H21F2N3O. The first-order valence-corrected chi connectivity index (χ1v) is 7.17. The fourth-order valence-electron chi connectivity index (χ4n) is 2.87. The fourth-order valence-corrected chi connectivity index (χ4v) is 2.87. The third kappa shape index (κ3) is 3.91. The summed E-state index contributed by atoms with van der Waals surface area (Å²) >= 11 is 0. The maximum Gasteiger partial charge on any atom is 0.217 e. The molecule has 0 aromatic heterocycles. The van der Waals surface area contributed by atoms with Crippen LogP contribution >= 0.6 is 0 Å². The number of carbonyl (C=O) groups is 1. The van der Waals surface area contributed by atoms with Crippen LogP contribution < -0.4 is 16.0 Å². The van der Waals surface area contributed by atoms with Crippen LogP contribution in [0.2, 0.25) is 0 Å². The van der Waals surface area contributed by atoms with Gasteiger partial charge in [0.15, 0.2) is 0 Å². The van der Waals surface area contributed by atoms with E-state index in [0.29, 0.717) is 31.6 Å². The van der Waals surface area contributed by atoms with Crippen molar-refractivity contribution in [3.63, 3.8) is 0 Å². The van der Waals surface area contributed by atoms with Gasteiger partial charge in [0.2, 0.25) is 5.91 Å². The van der Waals surface area contributed by atoms with E-state index in [1.165, 1.54) is 12.1 Å². The summed E-state index contributed by atoms with van der Waals surface area (Å²) < 4.78 is 28.3. The number of benzene rings is 1. The van der Waals surface area contributed by atoms with Gasteiger partial charge in [0.25, 0.3) is 0 Å². The number of anilines is 1. The lowest BCUT2D eigenvalue weighted by atomic mass is 9.93. The zero-order valence-corrected chi connectivity index (χ0v) is 12.2. The molecule has 0 unspecified atom stereocenters. The predicted octanol–water partition coefficient (Wildman–Crippen LogP) is 1.78. The van der Waals surface area contributed by atoms with Crippen LogP contribution in [-0.4, -0.2) is 26.0 Å². The summed E-state index contributed by atoms with van der Waals surface area (Å²) in [6.45, 7) is 1.50.